The third-order valence-electron chi connectivity index (χ3n) is 2.76. The fourth-order valence-corrected chi connectivity index (χ4v) is 1.41. The Morgan fingerprint density at radius 2 is 2.17 bits per heavy atom. The first-order valence-corrected chi connectivity index (χ1v) is 6.11. The van der Waals surface area contributed by atoms with Crippen molar-refractivity contribution in [3.05, 3.63) is 34.7 Å². The molecule has 18 heavy (non-hydrogen) atoms. The lowest BCUT2D eigenvalue weighted by atomic mass is 10.1. The summed E-state index contributed by atoms with van der Waals surface area (Å²) in [5.41, 5.74) is -0.118. The van der Waals surface area contributed by atoms with Crippen LogP contribution in [0.15, 0.2) is 29.2 Å². The number of aryl methyl sites for hydroxylation is 1. The van der Waals surface area contributed by atoms with E-state index in [2.05, 4.69) is 5.32 Å². The van der Waals surface area contributed by atoms with E-state index in [1.807, 2.05) is 13.8 Å². The van der Waals surface area contributed by atoms with Crippen molar-refractivity contribution in [1.29, 1.82) is 0 Å². The van der Waals surface area contributed by atoms with Gasteiger partial charge in [0.25, 0.3) is 5.56 Å². The van der Waals surface area contributed by atoms with Crippen LogP contribution in [0.25, 0.3) is 0 Å². The zero-order chi connectivity index (χ0) is 13.5. The van der Waals surface area contributed by atoms with Gasteiger partial charge in [0.2, 0.25) is 5.91 Å². The van der Waals surface area contributed by atoms with E-state index in [1.54, 1.807) is 18.3 Å². The van der Waals surface area contributed by atoms with Gasteiger partial charge in [-0.1, -0.05) is 19.9 Å². The monoisotopic (exact) mass is 252 g/mol. The zero-order valence-corrected chi connectivity index (χ0v) is 10.8. The van der Waals surface area contributed by atoms with E-state index in [0.717, 1.165) is 0 Å². The molecular formula is C13H20N2O3. The number of hydrogen-bond acceptors (Lipinski definition) is 3. The third-order valence-corrected chi connectivity index (χ3v) is 2.76. The molecule has 0 aliphatic heterocycles. The van der Waals surface area contributed by atoms with Gasteiger partial charge >= 0.3 is 0 Å². The fourth-order valence-electron chi connectivity index (χ4n) is 1.41. The van der Waals surface area contributed by atoms with Crippen LogP contribution in [0.4, 0.5) is 0 Å². The summed E-state index contributed by atoms with van der Waals surface area (Å²) < 4.78 is 1.48. The fraction of sp³-hybridized carbons (Fsp3) is 0.538. The van der Waals surface area contributed by atoms with Gasteiger partial charge in [-0.25, -0.2) is 0 Å². The second kappa shape index (κ2) is 6.96. The number of amides is 1. The first kappa shape index (κ1) is 14.4. The van der Waals surface area contributed by atoms with E-state index >= 15 is 0 Å². The number of hydrogen-bond donors (Lipinski definition) is 2. The highest BCUT2D eigenvalue weighted by Crippen LogP contribution is 1.99. The number of aliphatic hydroxyl groups is 1. The molecule has 0 aromatic carbocycles. The highest BCUT2D eigenvalue weighted by atomic mass is 16.3. The Labute approximate surface area is 106 Å². The van der Waals surface area contributed by atoms with Crippen molar-refractivity contribution >= 4 is 5.91 Å². The largest absolute Gasteiger partial charge is 0.391 e. The molecule has 0 bridgehead atoms. The van der Waals surface area contributed by atoms with Gasteiger partial charge < -0.3 is 15.0 Å². The maximum absolute atomic E-state index is 11.5. The Hall–Kier alpha value is -1.62. The average Bonchev–Trinajstić information content (AvgIpc) is 2.34. The number of nitrogens with zero attached hydrogens (tertiary/aromatic N) is 1. The summed E-state index contributed by atoms with van der Waals surface area (Å²) in [7, 11) is 0. The van der Waals surface area contributed by atoms with Crippen LogP contribution in [0, 0.1) is 5.92 Å². The molecule has 0 aliphatic rings. The predicted octanol–water partition coefficient (Wildman–Crippen LogP) is 0.371. The number of carbonyl (C=O) groups excluding carboxylic acids is 1. The van der Waals surface area contributed by atoms with Crippen molar-refractivity contribution in [3.63, 3.8) is 0 Å². The number of carbonyl (C=O) groups is 1. The van der Waals surface area contributed by atoms with Crippen LogP contribution in [0.5, 0.6) is 0 Å². The van der Waals surface area contributed by atoms with Crippen LogP contribution in [0.3, 0.4) is 0 Å². The Bertz CT molecular complexity index is 440. The second-order valence-electron chi connectivity index (χ2n) is 4.60. The van der Waals surface area contributed by atoms with Gasteiger partial charge in [-0.2, -0.15) is 0 Å². The molecule has 1 unspecified atom stereocenters. The quantitative estimate of drug-likeness (QED) is 0.768. The molecule has 0 saturated heterocycles. The highest BCUT2D eigenvalue weighted by molar-refractivity contribution is 5.75. The lowest BCUT2D eigenvalue weighted by Gasteiger charge is -2.15. The number of nitrogens with one attached hydrogen (secondary N) is 1. The van der Waals surface area contributed by atoms with Gasteiger partial charge in [-0.15, -0.1) is 0 Å². The molecular weight excluding hydrogens is 232 g/mol. The molecule has 0 radical (unpaired) electrons. The maximum atomic E-state index is 11.5. The van der Waals surface area contributed by atoms with Gasteiger partial charge in [0.1, 0.15) is 0 Å². The van der Waals surface area contributed by atoms with E-state index in [0.29, 0.717) is 6.54 Å². The molecule has 1 aromatic heterocycles. The summed E-state index contributed by atoms with van der Waals surface area (Å²) in [6.07, 6.45) is 1.35. The molecule has 0 spiro atoms. The number of rotatable bonds is 6. The van der Waals surface area contributed by atoms with E-state index in [9.17, 15) is 14.7 Å². The minimum Gasteiger partial charge on any atom is -0.391 e. The number of aromatic nitrogens is 1. The SMILES string of the molecule is CC(C)C(O)CNC(=O)CCn1ccccc1=O. The molecule has 5 nitrogen and oxygen atoms in total. The molecule has 100 valence electrons. The van der Waals surface area contributed by atoms with Gasteiger partial charge in [0.15, 0.2) is 0 Å². The van der Waals surface area contributed by atoms with Crippen molar-refractivity contribution in [2.24, 2.45) is 5.92 Å². The van der Waals surface area contributed by atoms with Crippen molar-refractivity contribution < 1.29 is 9.90 Å². The maximum Gasteiger partial charge on any atom is 0.250 e. The van der Waals surface area contributed by atoms with Crippen LogP contribution >= 0.6 is 0 Å². The van der Waals surface area contributed by atoms with Crippen molar-refractivity contribution in [1.82, 2.24) is 9.88 Å². The second-order valence-corrected chi connectivity index (χ2v) is 4.60. The molecule has 5 heteroatoms. The first-order chi connectivity index (χ1) is 8.50. The predicted molar refractivity (Wildman–Crippen MR) is 69.2 cm³/mol. The summed E-state index contributed by atoms with van der Waals surface area (Å²) in [5, 5.41) is 12.2. The Morgan fingerprint density at radius 3 is 2.78 bits per heavy atom. The molecule has 0 fully saturated rings. The van der Waals surface area contributed by atoms with E-state index in [1.165, 1.54) is 10.6 Å². The zero-order valence-electron chi connectivity index (χ0n) is 10.8. The van der Waals surface area contributed by atoms with Gasteiger partial charge in [-0.05, 0) is 12.0 Å². The van der Waals surface area contributed by atoms with Crippen LogP contribution in [-0.2, 0) is 11.3 Å². The van der Waals surface area contributed by atoms with E-state index in [-0.39, 0.29) is 30.3 Å². The van der Waals surface area contributed by atoms with Gasteiger partial charge in [0, 0.05) is 31.8 Å². The molecule has 0 saturated carbocycles. The topological polar surface area (TPSA) is 71.3 Å². The summed E-state index contributed by atoms with van der Waals surface area (Å²) in [4.78, 5) is 22.9. The summed E-state index contributed by atoms with van der Waals surface area (Å²) >= 11 is 0. The Balaban J connectivity index is 2.34. The minimum atomic E-state index is -0.534. The van der Waals surface area contributed by atoms with Gasteiger partial charge in [-0.3, -0.25) is 9.59 Å². The molecule has 1 aromatic rings. The number of aliphatic hydroxyl groups excluding tert-OH is 1. The molecule has 1 heterocycles. The summed E-state index contributed by atoms with van der Waals surface area (Å²) in [6, 6.07) is 4.88. The van der Waals surface area contributed by atoms with E-state index < -0.39 is 6.10 Å². The van der Waals surface area contributed by atoms with Crippen molar-refractivity contribution in [3.8, 4) is 0 Å². The lowest BCUT2D eigenvalue weighted by Crippen LogP contribution is -2.35. The van der Waals surface area contributed by atoms with Gasteiger partial charge in [0.05, 0.1) is 6.10 Å². The number of pyridine rings is 1. The first-order valence-electron chi connectivity index (χ1n) is 6.11. The average molecular weight is 252 g/mol. The van der Waals surface area contributed by atoms with Crippen molar-refractivity contribution in [2.45, 2.75) is 32.9 Å². The highest BCUT2D eigenvalue weighted by Gasteiger charge is 2.10. The molecule has 1 rings (SSSR count). The standard InChI is InChI=1S/C13H20N2O3/c1-10(2)11(16)9-14-12(17)6-8-15-7-4-3-5-13(15)18/h3-5,7,10-11,16H,6,8-9H2,1-2H3,(H,14,17). The summed E-state index contributed by atoms with van der Waals surface area (Å²) in [5.74, 6) is -0.0486. The van der Waals surface area contributed by atoms with Crippen molar-refractivity contribution in [2.75, 3.05) is 6.54 Å². The normalized spacial score (nSPS) is 12.4. The summed E-state index contributed by atoms with van der Waals surface area (Å²) in [6.45, 7) is 4.38. The minimum absolute atomic E-state index is 0.113. The van der Waals surface area contributed by atoms with Crippen LogP contribution in [0.1, 0.15) is 20.3 Å². The van der Waals surface area contributed by atoms with Crippen LogP contribution < -0.4 is 10.9 Å². The van der Waals surface area contributed by atoms with E-state index in [4.69, 9.17) is 0 Å². The molecule has 1 atom stereocenters. The third kappa shape index (κ3) is 4.71. The molecule has 1 amide bonds. The van der Waals surface area contributed by atoms with Crippen LogP contribution in [-0.4, -0.2) is 28.2 Å². The molecule has 0 aliphatic carbocycles. The smallest absolute Gasteiger partial charge is 0.250 e. The Kier molecular flexibility index (Phi) is 5.58. The Morgan fingerprint density at radius 1 is 1.44 bits per heavy atom. The lowest BCUT2D eigenvalue weighted by molar-refractivity contribution is -0.121. The van der Waals surface area contributed by atoms with Crippen LogP contribution in [0.2, 0.25) is 0 Å². The molecule has 2 N–H and O–H groups in total.